The molecule has 1 aromatic carbocycles. The molecule has 0 aliphatic rings. The highest BCUT2D eigenvalue weighted by Crippen LogP contribution is 2.12. The van der Waals surface area contributed by atoms with Gasteiger partial charge in [-0.05, 0) is 18.2 Å². The Labute approximate surface area is 121 Å². The van der Waals surface area contributed by atoms with Crippen LogP contribution < -0.4 is 5.32 Å². The van der Waals surface area contributed by atoms with Gasteiger partial charge in [-0.25, -0.2) is 4.79 Å². The minimum absolute atomic E-state index is 0.0677. The molecule has 1 aromatic heterocycles. The maximum Gasteiger partial charge on any atom is 0.338 e. The first-order valence-electron chi connectivity index (χ1n) is 6.44. The van der Waals surface area contributed by atoms with E-state index in [4.69, 9.17) is 9.26 Å². The Morgan fingerprint density at radius 3 is 2.86 bits per heavy atom. The van der Waals surface area contributed by atoms with Gasteiger partial charge < -0.3 is 14.6 Å². The zero-order valence-electron chi connectivity index (χ0n) is 11.8. The molecule has 1 N–H and O–H groups in total. The maximum absolute atomic E-state index is 11.9. The Bertz CT molecular complexity index is 651. The number of esters is 1. The largest absolute Gasteiger partial charge is 0.454 e. The van der Waals surface area contributed by atoms with Crippen LogP contribution in [0, 0.1) is 6.92 Å². The lowest BCUT2D eigenvalue weighted by Gasteiger charge is -2.06. The third kappa shape index (κ3) is 4.13. The molecule has 0 saturated carbocycles. The van der Waals surface area contributed by atoms with Gasteiger partial charge in [0.1, 0.15) is 0 Å². The van der Waals surface area contributed by atoms with E-state index in [0.29, 0.717) is 29.4 Å². The van der Waals surface area contributed by atoms with Crippen LogP contribution in [0.1, 0.15) is 35.4 Å². The fourth-order valence-corrected chi connectivity index (χ4v) is 1.59. The van der Waals surface area contributed by atoms with Crippen LogP contribution in [0.3, 0.4) is 0 Å². The third-order valence-electron chi connectivity index (χ3n) is 2.61. The molecule has 0 radical (unpaired) electrons. The van der Waals surface area contributed by atoms with Crippen molar-refractivity contribution in [2.75, 3.05) is 5.32 Å². The SMILES string of the molecule is CCC(=O)Nc1cccc(C(=O)OCc2noc(C)n2)c1. The molecule has 0 bridgehead atoms. The number of aryl methyl sites for hydroxylation is 1. The number of anilines is 1. The van der Waals surface area contributed by atoms with Crippen LogP contribution in [-0.4, -0.2) is 22.0 Å². The molecule has 0 aliphatic heterocycles. The van der Waals surface area contributed by atoms with E-state index < -0.39 is 5.97 Å². The summed E-state index contributed by atoms with van der Waals surface area (Å²) in [6.07, 6.45) is 0.367. The van der Waals surface area contributed by atoms with Gasteiger partial charge in [-0.15, -0.1) is 0 Å². The summed E-state index contributed by atoms with van der Waals surface area (Å²) in [5.41, 5.74) is 0.885. The highest BCUT2D eigenvalue weighted by molar-refractivity contribution is 5.94. The van der Waals surface area contributed by atoms with Crippen molar-refractivity contribution in [3.05, 3.63) is 41.5 Å². The number of hydrogen-bond acceptors (Lipinski definition) is 6. The molecule has 21 heavy (non-hydrogen) atoms. The first-order chi connectivity index (χ1) is 10.1. The molecular formula is C14H15N3O4. The van der Waals surface area contributed by atoms with E-state index in [9.17, 15) is 9.59 Å². The van der Waals surface area contributed by atoms with Gasteiger partial charge in [0.05, 0.1) is 5.56 Å². The topological polar surface area (TPSA) is 94.3 Å². The molecule has 0 aliphatic carbocycles. The highest BCUT2D eigenvalue weighted by Gasteiger charge is 2.11. The van der Waals surface area contributed by atoms with Crippen molar-refractivity contribution >= 4 is 17.6 Å². The van der Waals surface area contributed by atoms with Gasteiger partial charge in [0.2, 0.25) is 17.6 Å². The molecule has 7 heteroatoms. The first kappa shape index (κ1) is 14.7. The van der Waals surface area contributed by atoms with E-state index in [0.717, 1.165) is 0 Å². The molecule has 2 aromatic rings. The number of aromatic nitrogens is 2. The Morgan fingerprint density at radius 2 is 2.19 bits per heavy atom. The molecule has 0 saturated heterocycles. The zero-order chi connectivity index (χ0) is 15.2. The molecule has 110 valence electrons. The van der Waals surface area contributed by atoms with Crippen LogP contribution in [0.2, 0.25) is 0 Å². The van der Waals surface area contributed by atoms with Crippen molar-refractivity contribution in [2.45, 2.75) is 26.9 Å². The monoisotopic (exact) mass is 289 g/mol. The minimum atomic E-state index is -0.523. The van der Waals surface area contributed by atoms with E-state index in [2.05, 4.69) is 15.5 Å². The van der Waals surface area contributed by atoms with Gasteiger partial charge in [-0.3, -0.25) is 4.79 Å². The van der Waals surface area contributed by atoms with E-state index in [1.807, 2.05) is 0 Å². The Balaban J connectivity index is 1.98. The number of carbonyl (C=O) groups excluding carboxylic acids is 2. The molecule has 0 unspecified atom stereocenters. The molecule has 0 fully saturated rings. The molecule has 1 heterocycles. The van der Waals surface area contributed by atoms with Gasteiger partial charge >= 0.3 is 5.97 Å². The first-order valence-corrected chi connectivity index (χ1v) is 6.44. The Hall–Kier alpha value is -2.70. The second kappa shape index (κ2) is 6.65. The maximum atomic E-state index is 11.9. The van der Waals surface area contributed by atoms with E-state index in [1.54, 1.807) is 38.1 Å². The lowest BCUT2D eigenvalue weighted by Crippen LogP contribution is -2.11. The van der Waals surface area contributed by atoms with Crippen LogP contribution in [0.15, 0.2) is 28.8 Å². The number of amides is 1. The van der Waals surface area contributed by atoms with Crippen molar-refractivity contribution in [2.24, 2.45) is 0 Å². The minimum Gasteiger partial charge on any atom is -0.454 e. The van der Waals surface area contributed by atoms with Crippen molar-refractivity contribution in [1.29, 1.82) is 0 Å². The average Bonchev–Trinajstić information content (AvgIpc) is 2.90. The predicted molar refractivity (Wildman–Crippen MR) is 73.5 cm³/mol. The van der Waals surface area contributed by atoms with Crippen LogP contribution >= 0.6 is 0 Å². The van der Waals surface area contributed by atoms with Crippen molar-refractivity contribution < 1.29 is 18.8 Å². The lowest BCUT2D eigenvalue weighted by atomic mass is 10.2. The summed E-state index contributed by atoms with van der Waals surface area (Å²) in [7, 11) is 0. The Morgan fingerprint density at radius 1 is 1.38 bits per heavy atom. The molecule has 7 nitrogen and oxygen atoms in total. The summed E-state index contributed by atoms with van der Waals surface area (Å²) in [6, 6.07) is 6.52. The quantitative estimate of drug-likeness (QED) is 0.847. The van der Waals surface area contributed by atoms with E-state index >= 15 is 0 Å². The van der Waals surface area contributed by atoms with Gasteiger partial charge in [0, 0.05) is 19.0 Å². The lowest BCUT2D eigenvalue weighted by molar-refractivity contribution is -0.115. The number of rotatable bonds is 5. The second-order valence-electron chi connectivity index (χ2n) is 4.29. The fraction of sp³-hybridized carbons (Fsp3) is 0.286. The fourth-order valence-electron chi connectivity index (χ4n) is 1.59. The standard InChI is InChI=1S/C14H15N3O4/c1-3-13(18)16-11-6-4-5-10(7-11)14(19)20-8-12-15-9(2)21-17-12/h4-7H,3,8H2,1-2H3,(H,16,18). The van der Waals surface area contributed by atoms with Crippen LogP contribution in [0.4, 0.5) is 5.69 Å². The van der Waals surface area contributed by atoms with Crippen molar-refractivity contribution in [3.63, 3.8) is 0 Å². The summed E-state index contributed by atoms with van der Waals surface area (Å²) < 4.78 is 9.85. The number of hydrogen-bond donors (Lipinski definition) is 1. The van der Waals surface area contributed by atoms with Gasteiger partial charge in [-0.1, -0.05) is 18.1 Å². The van der Waals surface area contributed by atoms with Crippen molar-refractivity contribution in [3.8, 4) is 0 Å². The van der Waals surface area contributed by atoms with Gasteiger partial charge in [-0.2, -0.15) is 4.98 Å². The van der Waals surface area contributed by atoms with Crippen molar-refractivity contribution in [1.82, 2.24) is 10.1 Å². The summed E-state index contributed by atoms with van der Waals surface area (Å²) in [6.45, 7) is 3.33. The summed E-state index contributed by atoms with van der Waals surface area (Å²) in [4.78, 5) is 27.2. The molecule has 0 atom stereocenters. The normalized spacial score (nSPS) is 10.2. The number of benzene rings is 1. The number of nitrogens with one attached hydrogen (secondary N) is 1. The van der Waals surface area contributed by atoms with Crippen LogP contribution in [0.5, 0.6) is 0 Å². The predicted octanol–water partition coefficient (Wildman–Crippen LogP) is 2.08. The Kier molecular flexibility index (Phi) is 4.65. The second-order valence-corrected chi connectivity index (χ2v) is 4.29. The smallest absolute Gasteiger partial charge is 0.338 e. The summed E-state index contributed by atoms with van der Waals surface area (Å²) in [5.74, 6) is 0.0643. The van der Waals surface area contributed by atoms with E-state index in [1.165, 1.54) is 0 Å². The summed E-state index contributed by atoms with van der Waals surface area (Å²) >= 11 is 0. The summed E-state index contributed by atoms with van der Waals surface area (Å²) in [5, 5.41) is 6.31. The van der Waals surface area contributed by atoms with Gasteiger partial charge in [0.15, 0.2) is 6.61 Å². The molecular weight excluding hydrogens is 274 g/mol. The van der Waals surface area contributed by atoms with Gasteiger partial charge in [0.25, 0.3) is 0 Å². The number of ether oxygens (including phenoxy) is 1. The molecule has 1 amide bonds. The third-order valence-corrected chi connectivity index (χ3v) is 2.61. The molecule has 2 rings (SSSR count). The van der Waals surface area contributed by atoms with Crippen LogP contribution in [-0.2, 0) is 16.1 Å². The van der Waals surface area contributed by atoms with E-state index in [-0.39, 0.29) is 12.5 Å². The highest BCUT2D eigenvalue weighted by atomic mass is 16.5. The molecule has 0 spiro atoms. The number of nitrogens with zero attached hydrogens (tertiary/aromatic N) is 2. The average molecular weight is 289 g/mol. The van der Waals surface area contributed by atoms with Crippen LogP contribution in [0.25, 0.3) is 0 Å². The number of carbonyl (C=O) groups is 2. The zero-order valence-corrected chi connectivity index (χ0v) is 11.8.